The highest BCUT2D eigenvalue weighted by molar-refractivity contribution is 7.92. The summed E-state index contributed by atoms with van der Waals surface area (Å²) in [6, 6.07) is 12.4. The van der Waals surface area contributed by atoms with Crippen molar-refractivity contribution >= 4 is 50.7 Å². The molecular formula is C20H23Cl2N3O4S. The van der Waals surface area contributed by atoms with Crippen LogP contribution in [-0.2, 0) is 26.2 Å². The third-order valence-electron chi connectivity index (χ3n) is 4.51. The summed E-state index contributed by atoms with van der Waals surface area (Å²) in [5.74, 6) is -0.963. The molecule has 0 spiro atoms. The molecule has 2 aromatic rings. The number of rotatable bonds is 8. The highest BCUT2D eigenvalue weighted by Gasteiger charge is 2.30. The number of amides is 2. The van der Waals surface area contributed by atoms with Crippen molar-refractivity contribution in [1.29, 1.82) is 0 Å². The summed E-state index contributed by atoms with van der Waals surface area (Å²) in [6.07, 6.45) is 0.990. The molecule has 0 aliphatic heterocycles. The van der Waals surface area contributed by atoms with Crippen molar-refractivity contribution in [3.8, 4) is 0 Å². The smallest absolute Gasteiger partial charge is 0.244 e. The minimum atomic E-state index is -3.83. The molecule has 1 atom stereocenters. The summed E-state index contributed by atoms with van der Waals surface area (Å²) in [7, 11) is -2.36. The minimum absolute atomic E-state index is 0.0349. The SMILES string of the molecule is CNC(=O)[C@@H](C)N(Cc1ccccc1Cl)C(=O)CN(c1ccccc1Cl)S(C)(=O)=O. The first-order valence-corrected chi connectivity index (χ1v) is 11.6. The van der Waals surface area contributed by atoms with Crippen LogP contribution in [0.5, 0.6) is 0 Å². The van der Waals surface area contributed by atoms with E-state index in [1.54, 1.807) is 43.3 Å². The molecule has 1 N–H and O–H groups in total. The molecule has 0 heterocycles. The van der Waals surface area contributed by atoms with Gasteiger partial charge in [0.05, 0.1) is 17.0 Å². The molecule has 2 aromatic carbocycles. The van der Waals surface area contributed by atoms with Crippen LogP contribution in [0.25, 0.3) is 0 Å². The summed E-state index contributed by atoms with van der Waals surface area (Å²) in [5.41, 5.74) is 0.812. The maximum atomic E-state index is 13.2. The number of hydrogen-bond donors (Lipinski definition) is 1. The monoisotopic (exact) mass is 471 g/mol. The molecule has 0 aromatic heterocycles. The first-order valence-electron chi connectivity index (χ1n) is 9.03. The summed E-state index contributed by atoms with van der Waals surface area (Å²) >= 11 is 12.4. The molecule has 10 heteroatoms. The first-order chi connectivity index (χ1) is 14.1. The topological polar surface area (TPSA) is 86.8 Å². The standard InChI is InChI=1S/C20H23Cl2N3O4S/c1-14(20(27)23-2)24(12-15-8-4-5-9-16(15)21)19(26)13-25(30(3,28)29)18-11-7-6-10-17(18)22/h4-11,14H,12-13H2,1-3H3,(H,23,27)/t14-/m1/s1. The average Bonchev–Trinajstić information content (AvgIpc) is 2.70. The van der Waals surface area contributed by atoms with Crippen LogP contribution in [0.1, 0.15) is 12.5 Å². The number of nitrogens with zero attached hydrogens (tertiary/aromatic N) is 2. The zero-order valence-corrected chi connectivity index (χ0v) is 19.1. The van der Waals surface area contributed by atoms with Gasteiger partial charge < -0.3 is 10.2 Å². The molecule has 0 radical (unpaired) electrons. The van der Waals surface area contributed by atoms with Crippen LogP contribution < -0.4 is 9.62 Å². The number of sulfonamides is 1. The molecule has 0 saturated heterocycles. The molecule has 0 saturated carbocycles. The van der Waals surface area contributed by atoms with Crippen molar-refractivity contribution in [2.24, 2.45) is 0 Å². The molecule has 2 amide bonds. The lowest BCUT2D eigenvalue weighted by atomic mass is 10.1. The van der Waals surface area contributed by atoms with Gasteiger partial charge in [0.25, 0.3) is 0 Å². The van der Waals surface area contributed by atoms with Gasteiger partial charge in [-0.2, -0.15) is 0 Å². The number of hydrogen-bond acceptors (Lipinski definition) is 4. The van der Waals surface area contributed by atoms with Crippen LogP contribution in [0.4, 0.5) is 5.69 Å². The molecule has 0 unspecified atom stereocenters. The average molecular weight is 472 g/mol. The highest BCUT2D eigenvalue weighted by atomic mass is 35.5. The number of anilines is 1. The van der Waals surface area contributed by atoms with Crippen LogP contribution in [0.2, 0.25) is 10.0 Å². The lowest BCUT2D eigenvalue weighted by molar-refractivity contribution is -0.139. The summed E-state index contributed by atoms with van der Waals surface area (Å²) in [5, 5.41) is 3.13. The molecule has 0 aliphatic carbocycles. The van der Waals surface area contributed by atoms with E-state index in [9.17, 15) is 18.0 Å². The largest absolute Gasteiger partial charge is 0.357 e. The molecule has 2 rings (SSSR count). The Balaban J connectivity index is 2.41. The fourth-order valence-corrected chi connectivity index (χ4v) is 4.20. The molecule has 0 fully saturated rings. The molecule has 30 heavy (non-hydrogen) atoms. The third kappa shape index (κ3) is 5.87. The van der Waals surface area contributed by atoms with Gasteiger partial charge in [-0.3, -0.25) is 13.9 Å². The van der Waals surface area contributed by atoms with E-state index >= 15 is 0 Å². The number of likely N-dealkylation sites (N-methyl/N-ethyl adjacent to an activating group) is 1. The predicted octanol–water partition coefficient (Wildman–Crippen LogP) is 2.92. The normalized spacial score (nSPS) is 12.2. The second-order valence-corrected chi connectivity index (χ2v) is 9.35. The summed E-state index contributed by atoms with van der Waals surface area (Å²) in [6.45, 7) is 1.08. The van der Waals surface area contributed by atoms with E-state index < -0.39 is 28.5 Å². The summed E-state index contributed by atoms with van der Waals surface area (Å²) in [4.78, 5) is 26.8. The van der Waals surface area contributed by atoms with Crippen LogP contribution in [0.15, 0.2) is 48.5 Å². The van der Waals surface area contributed by atoms with E-state index in [1.165, 1.54) is 24.1 Å². The van der Waals surface area contributed by atoms with Gasteiger partial charge in [0.15, 0.2) is 0 Å². The van der Waals surface area contributed by atoms with E-state index in [0.717, 1.165) is 10.6 Å². The number of carbonyl (C=O) groups is 2. The van der Waals surface area contributed by atoms with Crippen molar-refractivity contribution in [3.05, 3.63) is 64.1 Å². The van der Waals surface area contributed by atoms with Crippen LogP contribution in [0.3, 0.4) is 0 Å². The zero-order valence-electron chi connectivity index (χ0n) is 16.8. The van der Waals surface area contributed by atoms with Crippen molar-refractivity contribution in [3.63, 3.8) is 0 Å². The highest BCUT2D eigenvalue weighted by Crippen LogP contribution is 2.27. The van der Waals surface area contributed by atoms with Gasteiger partial charge in [0.2, 0.25) is 21.8 Å². The van der Waals surface area contributed by atoms with Gasteiger partial charge in [-0.05, 0) is 30.7 Å². The molecule has 7 nitrogen and oxygen atoms in total. The number of para-hydroxylation sites is 1. The Kier molecular flexibility index (Phi) is 8.11. The summed E-state index contributed by atoms with van der Waals surface area (Å²) < 4.78 is 25.7. The third-order valence-corrected chi connectivity index (χ3v) is 6.33. The lowest BCUT2D eigenvalue weighted by Gasteiger charge is -2.31. The van der Waals surface area contributed by atoms with Crippen molar-refractivity contribution in [2.75, 3.05) is 24.2 Å². The Morgan fingerprint density at radius 2 is 1.60 bits per heavy atom. The molecular weight excluding hydrogens is 449 g/mol. The number of carbonyl (C=O) groups excluding carboxylic acids is 2. The van der Waals surface area contributed by atoms with Crippen LogP contribution in [-0.4, -0.2) is 51.0 Å². The van der Waals surface area contributed by atoms with Crippen molar-refractivity contribution in [1.82, 2.24) is 10.2 Å². The molecule has 0 aliphatic rings. The fourth-order valence-electron chi connectivity index (χ4n) is 2.85. The van der Waals surface area contributed by atoms with Crippen LogP contribution >= 0.6 is 23.2 Å². The number of benzene rings is 2. The van der Waals surface area contributed by atoms with Gasteiger partial charge >= 0.3 is 0 Å². The Bertz CT molecular complexity index is 1030. The Morgan fingerprint density at radius 1 is 1.03 bits per heavy atom. The van der Waals surface area contributed by atoms with E-state index in [4.69, 9.17) is 23.2 Å². The molecule has 0 bridgehead atoms. The van der Waals surface area contributed by atoms with Gasteiger partial charge in [-0.1, -0.05) is 53.5 Å². The fraction of sp³-hybridized carbons (Fsp3) is 0.300. The predicted molar refractivity (Wildman–Crippen MR) is 119 cm³/mol. The van der Waals surface area contributed by atoms with E-state index in [0.29, 0.717) is 10.6 Å². The molecule has 162 valence electrons. The second kappa shape index (κ2) is 10.1. The van der Waals surface area contributed by atoms with E-state index in [2.05, 4.69) is 5.32 Å². The van der Waals surface area contributed by atoms with Crippen molar-refractivity contribution in [2.45, 2.75) is 19.5 Å². The maximum Gasteiger partial charge on any atom is 0.244 e. The quantitative estimate of drug-likeness (QED) is 0.640. The van der Waals surface area contributed by atoms with Gasteiger partial charge in [-0.25, -0.2) is 8.42 Å². The number of nitrogens with one attached hydrogen (secondary N) is 1. The van der Waals surface area contributed by atoms with Gasteiger partial charge in [0, 0.05) is 18.6 Å². The zero-order chi connectivity index (χ0) is 22.5. The second-order valence-electron chi connectivity index (χ2n) is 6.62. The van der Waals surface area contributed by atoms with E-state index in [1.807, 2.05) is 0 Å². The minimum Gasteiger partial charge on any atom is -0.357 e. The van der Waals surface area contributed by atoms with Crippen molar-refractivity contribution < 1.29 is 18.0 Å². The Labute approximate surface area is 186 Å². The Hall–Kier alpha value is -2.29. The first kappa shape index (κ1) is 24.0. The van der Waals surface area contributed by atoms with E-state index in [-0.39, 0.29) is 23.2 Å². The Morgan fingerprint density at radius 3 is 2.13 bits per heavy atom. The van der Waals surface area contributed by atoms with Crippen LogP contribution in [0, 0.1) is 0 Å². The maximum absolute atomic E-state index is 13.2. The van der Waals surface area contributed by atoms with Gasteiger partial charge in [0.1, 0.15) is 12.6 Å². The number of halogens is 2. The van der Waals surface area contributed by atoms with Gasteiger partial charge in [-0.15, -0.1) is 0 Å². The lowest BCUT2D eigenvalue weighted by Crippen LogP contribution is -2.50.